The molecule has 3 N–H and O–H groups in total. The molecular weight excluding hydrogens is 344 g/mol. The van der Waals surface area contributed by atoms with E-state index >= 15 is 0 Å². The third kappa shape index (κ3) is 4.71. The van der Waals surface area contributed by atoms with Crippen LogP contribution in [0.2, 0.25) is 5.02 Å². The lowest BCUT2D eigenvalue weighted by Crippen LogP contribution is -2.11. The normalized spacial score (nSPS) is 10.9. The van der Waals surface area contributed by atoms with Gasteiger partial charge >= 0.3 is 6.18 Å². The summed E-state index contributed by atoms with van der Waals surface area (Å²) >= 11 is 7.08. The Hall–Kier alpha value is -1.08. The van der Waals surface area contributed by atoms with E-state index in [1.165, 1.54) is 17.8 Å². The molecule has 0 aromatic heterocycles. The van der Waals surface area contributed by atoms with Crippen LogP contribution in [0.1, 0.15) is 5.56 Å². The van der Waals surface area contributed by atoms with Crippen molar-refractivity contribution in [1.29, 1.82) is 0 Å². The quantitative estimate of drug-likeness (QED) is 0.586. The fourth-order valence-corrected chi connectivity index (χ4v) is 2.55. The third-order valence-corrected chi connectivity index (χ3v) is 3.84. The lowest BCUT2D eigenvalue weighted by Gasteiger charge is -2.12. The Kier molecular flexibility index (Phi) is 6.22. The topological polar surface area (TPSA) is 38.0 Å². The molecule has 0 unspecified atom stereocenters. The van der Waals surface area contributed by atoms with Crippen LogP contribution >= 0.6 is 35.8 Å². The van der Waals surface area contributed by atoms with Gasteiger partial charge < -0.3 is 5.43 Å². The zero-order valence-electron chi connectivity index (χ0n) is 10.4. The van der Waals surface area contributed by atoms with E-state index in [-0.39, 0.29) is 18.1 Å². The predicted molar refractivity (Wildman–Crippen MR) is 82.1 cm³/mol. The number of hydrazine groups is 1. The van der Waals surface area contributed by atoms with Crippen molar-refractivity contribution < 1.29 is 13.2 Å². The van der Waals surface area contributed by atoms with Gasteiger partial charge in [-0.3, -0.25) is 5.84 Å². The number of benzene rings is 2. The van der Waals surface area contributed by atoms with Crippen molar-refractivity contribution in [1.82, 2.24) is 0 Å². The van der Waals surface area contributed by atoms with Gasteiger partial charge in [0.15, 0.2) is 0 Å². The molecular formula is C13H11Cl2F3N2S. The van der Waals surface area contributed by atoms with Gasteiger partial charge in [-0.1, -0.05) is 23.4 Å². The molecule has 2 aromatic rings. The highest BCUT2D eigenvalue weighted by Crippen LogP contribution is 2.38. The summed E-state index contributed by atoms with van der Waals surface area (Å²) in [6.45, 7) is 0. The molecule has 0 atom stereocenters. The maximum absolute atomic E-state index is 12.6. The third-order valence-electron chi connectivity index (χ3n) is 2.50. The Morgan fingerprint density at radius 1 is 1.05 bits per heavy atom. The van der Waals surface area contributed by atoms with Crippen LogP contribution in [0.3, 0.4) is 0 Å². The average Bonchev–Trinajstić information content (AvgIpc) is 2.40. The zero-order valence-corrected chi connectivity index (χ0v) is 12.8. The second-order valence-electron chi connectivity index (χ2n) is 3.91. The van der Waals surface area contributed by atoms with Crippen LogP contribution in [0.4, 0.5) is 18.9 Å². The molecule has 0 saturated carbocycles. The second-order valence-corrected chi connectivity index (χ2v) is 5.46. The largest absolute Gasteiger partial charge is 0.416 e. The van der Waals surface area contributed by atoms with Crippen molar-refractivity contribution in [2.45, 2.75) is 16.0 Å². The van der Waals surface area contributed by atoms with Gasteiger partial charge in [0.1, 0.15) is 0 Å². The standard InChI is InChI=1S/C13H10ClF3N2S.ClH/c14-9-2-4-10(5-3-9)20-12-6-1-8(13(15,16)17)7-11(12)19-18;/h1-7,19H,18H2;1H. The monoisotopic (exact) mass is 354 g/mol. The molecule has 0 aliphatic heterocycles. The fraction of sp³-hybridized carbons (Fsp3) is 0.0769. The molecule has 114 valence electrons. The zero-order chi connectivity index (χ0) is 14.8. The molecule has 0 aliphatic rings. The molecule has 2 nitrogen and oxygen atoms in total. The van der Waals surface area contributed by atoms with E-state index in [0.717, 1.165) is 17.0 Å². The number of nitrogen functional groups attached to an aromatic ring is 1. The molecule has 0 bridgehead atoms. The maximum atomic E-state index is 12.6. The summed E-state index contributed by atoms with van der Waals surface area (Å²) < 4.78 is 37.9. The summed E-state index contributed by atoms with van der Waals surface area (Å²) in [5.41, 5.74) is 1.77. The van der Waals surface area contributed by atoms with Crippen molar-refractivity contribution in [3.05, 3.63) is 53.1 Å². The highest BCUT2D eigenvalue weighted by Gasteiger charge is 2.31. The number of rotatable bonds is 3. The van der Waals surface area contributed by atoms with E-state index in [1.54, 1.807) is 24.3 Å². The van der Waals surface area contributed by atoms with E-state index in [4.69, 9.17) is 17.4 Å². The molecule has 0 fully saturated rings. The Morgan fingerprint density at radius 3 is 2.19 bits per heavy atom. The van der Waals surface area contributed by atoms with E-state index < -0.39 is 11.7 Å². The molecule has 0 heterocycles. The Labute approximate surface area is 135 Å². The van der Waals surface area contributed by atoms with Gasteiger partial charge in [0, 0.05) is 14.8 Å². The van der Waals surface area contributed by atoms with E-state index in [2.05, 4.69) is 5.43 Å². The fourth-order valence-electron chi connectivity index (χ4n) is 1.54. The van der Waals surface area contributed by atoms with Crippen molar-refractivity contribution >= 4 is 41.5 Å². The van der Waals surface area contributed by atoms with Crippen LogP contribution in [0, 0.1) is 0 Å². The van der Waals surface area contributed by atoms with Crippen LogP contribution in [-0.4, -0.2) is 0 Å². The SMILES string of the molecule is Cl.NNc1cc(C(F)(F)F)ccc1Sc1ccc(Cl)cc1. The Bertz CT molecular complexity index is 603. The van der Waals surface area contributed by atoms with E-state index in [1.807, 2.05) is 0 Å². The van der Waals surface area contributed by atoms with Crippen LogP contribution in [0.15, 0.2) is 52.3 Å². The molecule has 0 amide bonds. The number of nitrogens with two attached hydrogens (primary N) is 1. The minimum absolute atomic E-state index is 0. The van der Waals surface area contributed by atoms with Crippen LogP contribution in [0.25, 0.3) is 0 Å². The first-order valence-corrected chi connectivity index (χ1v) is 6.71. The van der Waals surface area contributed by atoms with Gasteiger partial charge in [0.05, 0.1) is 11.3 Å². The van der Waals surface area contributed by atoms with E-state index in [0.29, 0.717) is 9.92 Å². The Morgan fingerprint density at radius 2 is 1.67 bits per heavy atom. The average molecular weight is 355 g/mol. The summed E-state index contributed by atoms with van der Waals surface area (Å²) in [6, 6.07) is 10.4. The van der Waals surface area contributed by atoms with Gasteiger partial charge in [-0.15, -0.1) is 12.4 Å². The summed E-state index contributed by atoms with van der Waals surface area (Å²) in [6.07, 6.45) is -4.39. The molecule has 0 aliphatic carbocycles. The van der Waals surface area contributed by atoms with Crippen LogP contribution in [0.5, 0.6) is 0 Å². The first kappa shape index (κ1) is 18.0. The van der Waals surface area contributed by atoms with Crippen molar-refractivity contribution in [2.75, 3.05) is 5.43 Å². The van der Waals surface area contributed by atoms with Gasteiger partial charge in [-0.05, 0) is 42.5 Å². The molecule has 8 heteroatoms. The lowest BCUT2D eigenvalue weighted by molar-refractivity contribution is -0.137. The number of hydrogen-bond acceptors (Lipinski definition) is 3. The minimum Gasteiger partial charge on any atom is -0.323 e. The molecule has 21 heavy (non-hydrogen) atoms. The van der Waals surface area contributed by atoms with Gasteiger partial charge in [0.2, 0.25) is 0 Å². The summed E-state index contributed by atoms with van der Waals surface area (Å²) in [4.78, 5) is 1.45. The van der Waals surface area contributed by atoms with Crippen molar-refractivity contribution in [2.24, 2.45) is 5.84 Å². The maximum Gasteiger partial charge on any atom is 0.416 e. The molecule has 2 rings (SSSR count). The predicted octanol–water partition coefficient (Wildman–Crippen LogP) is 5.22. The van der Waals surface area contributed by atoms with Gasteiger partial charge in [-0.2, -0.15) is 13.2 Å². The first-order chi connectivity index (χ1) is 9.40. The van der Waals surface area contributed by atoms with Gasteiger partial charge in [-0.25, -0.2) is 0 Å². The summed E-state index contributed by atoms with van der Waals surface area (Å²) in [7, 11) is 0. The number of anilines is 1. The first-order valence-electron chi connectivity index (χ1n) is 5.51. The smallest absolute Gasteiger partial charge is 0.323 e. The number of halogens is 5. The lowest BCUT2D eigenvalue weighted by atomic mass is 10.2. The van der Waals surface area contributed by atoms with Crippen LogP contribution in [-0.2, 0) is 6.18 Å². The number of alkyl halides is 3. The van der Waals surface area contributed by atoms with Gasteiger partial charge in [0.25, 0.3) is 0 Å². The summed E-state index contributed by atoms with van der Waals surface area (Å²) in [5.74, 6) is 5.29. The Balaban J connectivity index is 0.00000220. The second kappa shape index (κ2) is 7.26. The summed E-state index contributed by atoms with van der Waals surface area (Å²) in [5, 5.41) is 0.596. The number of hydrogen-bond donors (Lipinski definition) is 2. The number of nitrogens with one attached hydrogen (secondary N) is 1. The highest BCUT2D eigenvalue weighted by atomic mass is 35.5. The molecule has 0 radical (unpaired) electrons. The van der Waals surface area contributed by atoms with Crippen molar-refractivity contribution in [3.8, 4) is 0 Å². The minimum atomic E-state index is -4.39. The molecule has 0 spiro atoms. The van der Waals surface area contributed by atoms with E-state index in [9.17, 15) is 13.2 Å². The highest BCUT2D eigenvalue weighted by molar-refractivity contribution is 7.99. The van der Waals surface area contributed by atoms with Crippen LogP contribution < -0.4 is 11.3 Å². The molecule has 2 aromatic carbocycles. The van der Waals surface area contributed by atoms with Crippen molar-refractivity contribution in [3.63, 3.8) is 0 Å². The molecule has 0 saturated heterocycles.